The molecule has 126 valence electrons. The van der Waals surface area contributed by atoms with Gasteiger partial charge in [-0.25, -0.2) is 0 Å². The van der Waals surface area contributed by atoms with Crippen LogP contribution >= 0.6 is 0 Å². The van der Waals surface area contributed by atoms with Crippen molar-refractivity contribution in [3.8, 4) is 0 Å². The van der Waals surface area contributed by atoms with E-state index < -0.39 is 13.3 Å². The van der Waals surface area contributed by atoms with Gasteiger partial charge in [-0.05, 0) is 0 Å². The number of carbonyl (C=O) groups excluding carboxylic acids is 1. The summed E-state index contributed by atoms with van der Waals surface area (Å²) < 4.78 is 0. The Morgan fingerprint density at radius 1 is 0.792 bits per heavy atom. The van der Waals surface area contributed by atoms with Crippen LogP contribution in [0.4, 0.5) is 0 Å². The van der Waals surface area contributed by atoms with Gasteiger partial charge in [-0.2, -0.15) is 0 Å². The minimum absolute atomic E-state index is 0.120. The molecule has 2 aromatic carbocycles. The van der Waals surface area contributed by atoms with Crippen LogP contribution in [-0.2, 0) is 0 Å². The average molecular weight is 381 g/mol. The third kappa shape index (κ3) is 4.27. The van der Waals surface area contributed by atoms with Gasteiger partial charge in [0.15, 0.2) is 0 Å². The Morgan fingerprint density at radius 3 is 1.71 bits per heavy atom. The van der Waals surface area contributed by atoms with Crippen LogP contribution in [-0.4, -0.2) is 19.0 Å². The van der Waals surface area contributed by atoms with Crippen LogP contribution in [0.25, 0.3) is 5.57 Å². The van der Waals surface area contributed by atoms with Gasteiger partial charge >= 0.3 is 149 Å². The van der Waals surface area contributed by atoms with Gasteiger partial charge in [0, 0.05) is 0 Å². The predicted molar refractivity (Wildman–Crippen MR) is 107 cm³/mol. The van der Waals surface area contributed by atoms with Crippen molar-refractivity contribution >= 4 is 24.6 Å². The first kappa shape index (κ1) is 18.7. The molecule has 0 aliphatic rings. The Balaban J connectivity index is 2.57. The molecule has 0 unspecified atom stereocenters. The van der Waals surface area contributed by atoms with E-state index in [1.807, 2.05) is 12.1 Å². The van der Waals surface area contributed by atoms with Crippen LogP contribution in [0.3, 0.4) is 0 Å². The summed E-state index contributed by atoms with van der Waals surface area (Å²) in [4.78, 5) is 14.2. The van der Waals surface area contributed by atoms with Crippen molar-refractivity contribution in [2.45, 2.75) is 43.5 Å². The second kappa shape index (κ2) is 8.48. The molecule has 0 bridgehead atoms. The molecule has 0 amide bonds. The van der Waals surface area contributed by atoms with E-state index in [1.165, 1.54) is 32.5 Å². The number of rotatable bonds is 7. The second-order valence-corrected chi connectivity index (χ2v) is 17.3. The molecular formula is C22H28GeO. The summed E-state index contributed by atoms with van der Waals surface area (Å²) >= 11 is -1.98. The van der Waals surface area contributed by atoms with Crippen molar-refractivity contribution in [3.63, 3.8) is 0 Å². The number of hydrogen-bond acceptors (Lipinski definition) is 1. The topological polar surface area (TPSA) is 17.1 Å². The number of Topliss-reactive ketones (excluding diaryl/α,β-unsaturated/α-hetero) is 1. The molecule has 0 aromatic heterocycles. The molecule has 2 heteroatoms. The molecule has 0 aliphatic heterocycles. The summed E-state index contributed by atoms with van der Waals surface area (Å²) in [5, 5.41) is 3.94. The first-order valence-electron chi connectivity index (χ1n) is 8.95. The molecule has 0 saturated carbocycles. The van der Waals surface area contributed by atoms with Crippen molar-refractivity contribution in [3.05, 3.63) is 76.2 Å². The molecular weight excluding hydrogens is 353 g/mol. The Labute approximate surface area is 149 Å². The Hall–Kier alpha value is -1.61. The van der Waals surface area contributed by atoms with Gasteiger partial charge in [-0.3, -0.25) is 0 Å². The van der Waals surface area contributed by atoms with E-state index in [2.05, 4.69) is 68.1 Å². The molecule has 0 N–H and O–H groups in total. The van der Waals surface area contributed by atoms with Crippen LogP contribution in [0.2, 0.25) is 15.8 Å². The number of ketones is 1. The van der Waals surface area contributed by atoms with Crippen LogP contribution < -0.4 is 0 Å². The van der Waals surface area contributed by atoms with Crippen molar-refractivity contribution in [2.75, 3.05) is 0 Å². The SMILES string of the molecule is C[CH2][Ge](/[CH]=C(\c1ccccc1)c1ccc(C(C)=O)cc1)([CH2]C)[CH2]C. The molecule has 2 aromatic rings. The zero-order valence-corrected chi connectivity index (χ0v) is 17.4. The van der Waals surface area contributed by atoms with Gasteiger partial charge in [-0.15, -0.1) is 0 Å². The van der Waals surface area contributed by atoms with Gasteiger partial charge in [0.25, 0.3) is 0 Å². The maximum absolute atomic E-state index is 11.6. The third-order valence-corrected chi connectivity index (χ3v) is 16.0. The maximum atomic E-state index is 11.6. The summed E-state index contributed by atoms with van der Waals surface area (Å²) in [7, 11) is 0. The van der Waals surface area contributed by atoms with E-state index in [4.69, 9.17) is 0 Å². The standard InChI is InChI=1S/C22H28GeO/c1-5-23(6-2,7-3)17-22(20-11-9-8-10-12-20)21-15-13-19(14-16-21)18(4)24/h8-17H,5-7H2,1-4H3/b22-17+. The molecule has 0 atom stereocenters. The van der Waals surface area contributed by atoms with E-state index in [-0.39, 0.29) is 5.78 Å². The van der Waals surface area contributed by atoms with Crippen LogP contribution in [0, 0.1) is 0 Å². The summed E-state index contributed by atoms with van der Waals surface area (Å²) in [5.74, 6) is 0.120. The monoisotopic (exact) mass is 382 g/mol. The molecule has 2 rings (SSSR count). The molecule has 0 saturated heterocycles. The average Bonchev–Trinajstić information content (AvgIpc) is 2.64. The fraction of sp³-hybridized carbons (Fsp3) is 0.318. The normalized spacial score (nSPS) is 12.2. The summed E-state index contributed by atoms with van der Waals surface area (Å²) in [6.45, 7) is 8.68. The van der Waals surface area contributed by atoms with Crippen LogP contribution in [0.15, 0.2) is 59.5 Å². The Morgan fingerprint density at radius 2 is 1.25 bits per heavy atom. The molecule has 1 nitrogen and oxygen atoms in total. The van der Waals surface area contributed by atoms with Gasteiger partial charge in [0.2, 0.25) is 0 Å². The number of benzene rings is 2. The van der Waals surface area contributed by atoms with Crippen molar-refractivity contribution in [1.29, 1.82) is 0 Å². The van der Waals surface area contributed by atoms with Gasteiger partial charge < -0.3 is 0 Å². The van der Waals surface area contributed by atoms with Crippen molar-refractivity contribution < 1.29 is 4.79 Å². The van der Waals surface area contributed by atoms with Crippen LogP contribution in [0.1, 0.15) is 49.2 Å². The molecule has 0 fully saturated rings. The molecule has 0 heterocycles. The Bertz CT molecular complexity index is 686. The van der Waals surface area contributed by atoms with Crippen molar-refractivity contribution in [1.82, 2.24) is 0 Å². The van der Waals surface area contributed by atoms with Crippen molar-refractivity contribution in [2.24, 2.45) is 0 Å². The van der Waals surface area contributed by atoms with E-state index in [0.717, 1.165) is 5.56 Å². The zero-order chi connectivity index (χ0) is 17.6. The first-order valence-corrected chi connectivity index (χ1v) is 14.6. The summed E-state index contributed by atoms with van der Waals surface area (Å²) in [5.41, 5.74) is 4.62. The predicted octanol–water partition coefficient (Wildman–Crippen LogP) is 6.37. The third-order valence-electron chi connectivity index (χ3n) is 5.25. The van der Waals surface area contributed by atoms with E-state index in [0.29, 0.717) is 0 Å². The van der Waals surface area contributed by atoms with Gasteiger partial charge in [-0.1, -0.05) is 0 Å². The van der Waals surface area contributed by atoms with E-state index in [9.17, 15) is 4.79 Å². The van der Waals surface area contributed by atoms with Gasteiger partial charge in [0.1, 0.15) is 0 Å². The fourth-order valence-corrected chi connectivity index (χ4v) is 9.61. The van der Waals surface area contributed by atoms with E-state index in [1.54, 1.807) is 6.92 Å². The van der Waals surface area contributed by atoms with Crippen LogP contribution in [0.5, 0.6) is 0 Å². The zero-order valence-electron chi connectivity index (χ0n) is 15.3. The van der Waals surface area contributed by atoms with Gasteiger partial charge in [0.05, 0.1) is 0 Å². The molecule has 0 aliphatic carbocycles. The minimum atomic E-state index is -1.98. The Kier molecular flexibility index (Phi) is 6.62. The summed E-state index contributed by atoms with van der Waals surface area (Å²) in [6.07, 6.45) is 0. The second-order valence-electron chi connectivity index (χ2n) is 6.48. The number of carbonyl (C=O) groups is 1. The first-order chi connectivity index (χ1) is 11.5. The van der Waals surface area contributed by atoms with E-state index >= 15 is 0 Å². The molecule has 0 spiro atoms. The quantitative estimate of drug-likeness (QED) is 0.403. The molecule has 24 heavy (non-hydrogen) atoms. The summed E-state index contributed by atoms with van der Waals surface area (Å²) in [6, 6.07) is 18.8. The fourth-order valence-electron chi connectivity index (χ4n) is 3.20. The number of hydrogen-bond donors (Lipinski definition) is 0. The molecule has 0 radical (unpaired) electrons.